The number of benzene rings is 2. The Morgan fingerprint density at radius 2 is 2.04 bits per heavy atom. The van der Waals surface area contributed by atoms with Crippen LogP contribution < -0.4 is 10.6 Å². The molecule has 0 bridgehead atoms. The minimum Gasteiger partial charge on any atom is -0.398 e. The van der Waals surface area contributed by atoms with Gasteiger partial charge in [0.05, 0.1) is 6.54 Å². The third-order valence-electron chi connectivity index (χ3n) is 4.83. The molecule has 0 saturated heterocycles. The van der Waals surface area contributed by atoms with E-state index in [1.54, 1.807) is 0 Å². The second-order valence-electron chi connectivity index (χ2n) is 6.48. The fourth-order valence-corrected chi connectivity index (χ4v) is 3.43. The van der Waals surface area contributed by atoms with Gasteiger partial charge in [0.1, 0.15) is 5.82 Å². The molecule has 1 aromatic heterocycles. The van der Waals surface area contributed by atoms with Crippen LogP contribution in [0.2, 0.25) is 0 Å². The van der Waals surface area contributed by atoms with E-state index in [1.807, 2.05) is 30.6 Å². The van der Waals surface area contributed by atoms with Crippen LogP contribution in [0.3, 0.4) is 0 Å². The fourth-order valence-electron chi connectivity index (χ4n) is 3.43. The number of fused-ring (bicyclic) bond motifs is 1. The first-order valence-corrected chi connectivity index (χ1v) is 8.37. The molecule has 24 heavy (non-hydrogen) atoms. The van der Waals surface area contributed by atoms with Crippen molar-refractivity contribution in [2.45, 2.75) is 19.4 Å². The molecule has 1 aliphatic rings. The van der Waals surface area contributed by atoms with Crippen molar-refractivity contribution in [3.8, 4) is 0 Å². The smallest absolute Gasteiger partial charge is 0.113 e. The number of likely N-dealkylation sites (N-methyl/N-ethyl adjacent to an activating group) is 1. The summed E-state index contributed by atoms with van der Waals surface area (Å²) in [6.45, 7) is 1.87. The van der Waals surface area contributed by atoms with Crippen molar-refractivity contribution in [1.82, 2.24) is 9.55 Å². The van der Waals surface area contributed by atoms with Gasteiger partial charge < -0.3 is 15.2 Å². The van der Waals surface area contributed by atoms with Crippen LogP contribution >= 0.6 is 0 Å². The maximum atomic E-state index is 6.08. The van der Waals surface area contributed by atoms with E-state index in [1.165, 1.54) is 16.8 Å². The number of nitrogen functional groups attached to an aromatic ring is 1. The third-order valence-corrected chi connectivity index (χ3v) is 4.83. The molecule has 4 rings (SSSR count). The molecule has 2 aromatic carbocycles. The van der Waals surface area contributed by atoms with E-state index in [9.17, 15) is 0 Å². The lowest BCUT2D eigenvalue weighted by Crippen LogP contribution is -2.12. The highest BCUT2D eigenvalue weighted by Crippen LogP contribution is 2.28. The Kier molecular flexibility index (Phi) is 3.73. The zero-order valence-electron chi connectivity index (χ0n) is 13.9. The van der Waals surface area contributed by atoms with E-state index < -0.39 is 0 Å². The Hall–Kier alpha value is -2.75. The molecule has 0 radical (unpaired) electrons. The van der Waals surface area contributed by atoms with Gasteiger partial charge >= 0.3 is 0 Å². The van der Waals surface area contributed by atoms with Gasteiger partial charge in [-0.1, -0.05) is 30.3 Å². The summed E-state index contributed by atoms with van der Waals surface area (Å²) < 4.78 is 2.19. The molecule has 4 heteroatoms. The Morgan fingerprint density at radius 1 is 1.17 bits per heavy atom. The van der Waals surface area contributed by atoms with Gasteiger partial charge in [-0.2, -0.15) is 0 Å². The number of aromatic nitrogens is 2. The van der Waals surface area contributed by atoms with Gasteiger partial charge in [-0.15, -0.1) is 0 Å². The number of para-hydroxylation sites is 1. The average Bonchev–Trinajstić information content (AvgIpc) is 3.17. The van der Waals surface area contributed by atoms with Crippen molar-refractivity contribution < 1.29 is 0 Å². The normalized spacial score (nSPS) is 13.3. The molecular formula is C20H22N4. The van der Waals surface area contributed by atoms with Gasteiger partial charge in [-0.05, 0) is 35.2 Å². The number of nitrogens with zero attached hydrogens (tertiary/aromatic N) is 3. The van der Waals surface area contributed by atoms with E-state index in [2.05, 4.69) is 45.8 Å². The molecule has 1 aliphatic heterocycles. The van der Waals surface area contributed by atoms with Crippen molar-refractivity contribution >= 4 is 11.4 Å². The fraction of sp³-hybridized carbons (Fsp3) is 0.250. The highest BCUT2D eigenvalue weighted by atomic mass is 15.1. The quantitative estimate of drug-likeness (QED) is 0.752. The number of hydrogen-bond acceptors (Lipinski definition) is 3. The summed E-state index contributed by atoms with van der Waals surface area (Å²) in [6.07, 6.45) is 5.88. The van der Waals surface area contributed by atoms with Gasteiger partial charge in [0.2, 0.25) is 0 Å². The summed E-state index contributed by atoms with van der Waals surface area (Å²) in [7, 11) is 2.16. The lowest BCUT2D eigenvalue weighted by Gasteiger charge is -2.13. The third kappa shape index (κ3) is 2.75. The van der Waals surface area contributed by atoms with Crippen LogP contribution in [-0.4, -0.2) is 23.1 Å². The molecule has 0 amide bonds. The topological polar surface area (TPSA) is 47.1 Å². The monoisotopic (exact) mass is 318 g/mol. The summed E-state index contributed by atoms with van der Waals surface area (Å²) in [6, 6.07) is 14.8. The molecule has 0 saturated carbocycles. The van der Waals surface area contributed by atoms with E-state index in [0.717, 1.165) is 43.0 Å². The summed E-state index contributed by atoms with van der Waals surface area (Å²) >= 11 is 0. The number of hydrogen-bond donors (Lipinski definition) is 1. The minimum atomic E-state index is 0.760. The maximum Gasteiger partial charge on any atom is 0.113 e. The maximum absolute atomic E-state index is 6.08. The zero-order valence-corrected chi connectivity index (χ0v) is 13.9. The Labute approximate surface area is 142 Å². The highest BCUT2D eigenvalue weighted by Gasteiger charge is 2.16. The summed E-state index contributed by atoms with van der Waals surface area (Å²) in [5.41, 5.74) is 12.2. The molecule has 2 N–H and O–H groups in total. The van der Waals surface area contributed by atoms with Gasteiger partial charge in [0.25, 0.3) is 0 Å². The standard InChI is InChI=1S/C20H22N4/c1-23-10-8-16-12-15(6-7-19(16)23)13-20-22-9-11-24(20)14-17-4-2-3-5-18(17)21/h2-7,9,11-12H,8,10,13-14,21H2,1H3. The molecular weight excluding hydrogens is 296 g/mol. The SMILES string of the molecule is CN1CCc2cc(Cc3nccn3Cc3ccccc3N)ccc21. The second kappa shape index (κ2) is 6.04. The number of rotatable bonds is 4. The molecule has 0 spiro atoms. The first-order valence-electron chi connectivity index (χ1n) is 8.37. The number of imidazole rings is 1. The summed E-state index contributed by atoms with van der Waals surface area (Å²) in [4.78, 5) is 6.88. The Morgan fingerprint density at radius 3 is 2.92 bits per heavy atom. The van der Waals surface area contributed by atoms with Gasteiger partial charge in [0.15, 0.2) is 0 Å². The Bertz CT molecular complexity index is 866. The van der Waals surface area contributed by atoms with Gasteiger partial charge in [0, 0.05) is 43.8 Å². The molecule has 0 atom stereocenters. The van der Waals surface area contributed by atoms with Crippen molar-refractivity contribution in [2.75, 3.05) is 24.2 Å². The molecule has 0 unspecified atom stereocenters. The largest absolute Gasteiger partial charge is 0.398 e. The van der Waals surface area contributed by atoms with Crippen LogP contribution in [0, 0.1) is 0 Å². The minimum absolute atomic E-state index is 0.760. The lowest BCUT2D eigenvalue weighted by molar-refractivity contribution is 0.742. The average molecular weight is 318 g/mol. The predicted octanol–water partition coefficient (Wildman–Crippen LogP) is 3.10. The first-order chi connectivity index (χ1) is 11.7. The number of anilines is 2. The molecule has 0 fully saturated rings. The van der Waals surface area contributed by atoms with E-state index in [4.69, 9.17) is 5.73 Å². The van der Waals surface area contributed by atoms with Crippen LogP contribution in [0.5, 0.6) is 0 Å². The van der Waals surface area contributed by atoms with E-state index in [0.29, 0.717) is 0 Å². The summed E-state index contributed by atoms with van der Waals surface area (Å²) in [5, 5.41) is 0. The van der Waals surface area contributed by atoms with Crippen molar-refractivity contribution in [2.24, 2.45) is 0 Å². The lowest BCUT2D eigenvalue weighted by atomic mass is 10.1. The van der Waals surface area contributed by atoms with Crippen molar-refractivity contribution in [1.29, 1.82) is 0 Å². The zero-order chi connectivity index (χ0) is 16.5. The molecule has 0 aliphatic carbocycles. The van der Waals surface area contributed by atoms with Crippen molar-refractivity contribution in [3.63, 3.8) is 0 Å². The predicted molar refractivity (Wildman–Crippen MR) is 98.4 cm³/mol. The first kappa shape index (κ1) is 14.8. The summed E-state index contributed by atoms with van der Waals surface area (Å²) in [5.74, 6) is 1.07. The van der Waals surface area contributed by atoms with Gasteiger partial charge in [-0.25, -0.2) is 4.98 Å². The van der Waals surface area contributed by atoms with Gasteiger partial charge in [-0.3, -0.25) is 0 Å². The highest BCUT2D eigenvalue weighted by molar-refractivity contribution is 5.58. The van der Waals surface area contributed by atoms with Crippen LogP contribution in [0.1, 0.15) is 22.5 Å². The van der Waals surface area contributed by atoms with Crippen LogP contribution in [0.25, 0.3) is 0 Å². The second-order valence-corrected chi connectivity index (χ2v) is 6.48. The Balaban J connectivity index is 1.56. The van der Waals surface area contributed by atoms with Crippen LogP contribution in [0.4, 0.5) is 11.4 Å². The molecule has 2 heterocycles. The molecule has 3 aromatic rings. The van der Waals surface area contributed by atoms with E-state index in [-0.39, 0.29) is 0 Å². The van der Waals surface area contributed by atoms with Crippen molar-refractivity contribution in [3.05, 3.63) is 77.4 Å². The molecule has 122 valence electrons. The van der Waals surface area contributed by atoms with Crippen LogP contribution in [-0.2, 0) is 19.4 Å². The molecule has 4 nitrogen and oxygen atoms in total. The number of nitrogens with two attached hydrogens (primary N) is 1. The van der Waals surface area contributed by atoms with E-state index >= 15 is 0 Å². The van der Waals surface area contributed by atoms with Crippen LogP contribution in [0.15, 0.2) is 54.9 Å².